The fraction of sp³-hybridized carbons (Fsp3) is 0.714. The van der Waals surface area contributed by atoms with Gasteiger partial charge in [-0.2, -0.15) is 0 Å². The minimum absolute atomic E-state index is 0.00791. The van der Waals surface area contributed by atoms with E-state index in [1.165, 1.54) is 4.90 Å². The maximum Gasteiger partial charge on any atom is 0.414 e. The van der Waals surface area contributed by atoms with E-state index >= 15 is 0 Å². The fourth-order valence-corrected chi connectivity index (χ4v) is 7.03. The van der Waals surface area contributed by atoms with Crippen molar-refractivity contribution in [2.24, 2.45) is 22.4 Å². The Labute approximate surface area is 220 Å². The molecule has 16 heteroatoms. The van der Waals surface area contributed by atoms with Crippen LogP contribution in [0.3, 0.4) is 0 Å². The first kappa shape index (κ1) is 29.5. The van der Waals surface area contributed by atoms with E-state index in [0.29, 0.717) is 6.54 Å². The highest BCUT2D eigenvalue weighted by molar-refractivity contribution is 8.03. The van der Waals surface area contributed by atoms with Gasteiger partial charge in [0.05, 0.1) is 24.2 Å². The summed E-state index contributed by atoms with van der Waals surface area (Å²) < 4.78 is 8.39. The summed E-state index contributed by atoms with van der Waals surface area (Å²) >= 11 is 1.57. The Morgan fingerprint density at radius 3 is 2.46 bits per heavy atom. The van der Waals surface area contributed by atoms with Crippen LogP contribution in [0.1, 0.15) is 26.7 Å². The van der Waals surface area contributed by atoms with Crippen molar-refractivity contribution in [1.29, 1.82) is 0 Å². The lowest BCUT2D eigenvalue weighted by molar-refractivity contribution is -0.162. The van der Waals surface area contributed by atoms with Crippen molar-refractivity contribution >= 4 is 52.2 Å². The monoisotopic (exact) mass is 556 g/mol. The standard InChI is InChI=1S/C19H28BN4O5PS.C2H2O4/c1-8-14-13(9(2)25)18(27)24(14)15(19(28)29-30-23-20)17(8)31-11-5-12(22-7-11)16(26)10-3-4-21-6-10;3-1(4)2(5)6/h8-14,16,21-22,25-26H,3-7H2,1-2H3;(H,3,4)(H,5,6)/t8-,9-,10-,11+,12+,13-,14-,16-;/m1./s1. The van der Waals surface area contributed by atoms with Gasteiger partial charge in [-0.25, -0.2) is 14.4 Å². The Hall–Kier alpha value is -2.03. The molecule has 0 saturated carbocycles. The molecule has 3 fully saturated rings. The summed E-state index contributed by atoms with van der Waals surface area (Å²) in [7, 11) is 5.06. The Balaban J connectivity index is 0.000000568. The van der Waals surface area contributed by atoms with Gasteiger partial charge in [0.2, 0.25) is 14.5 Å². The highest BCUT2D eigenvalue weighted by atomic mass is 32.2. The minimum Gasteiger partial charge on any atom is -0.473 e. The van der Waals surface area contributed by atoms with Crippen LogP contribution in [0.25, 0.3) is 0 Å². The summed E-state index contributed by atoms with van der Waals surface area (Å²) in [5.74, 6) is -4.92. The predicted octanol–water partition coefficient (Wildman–Crippen LogP) is -0.683. The summed E-state index contributed by atoms with van der Waals surface area (Å²) in [5, 5.41) is 42.5. The van der Waals surface area contributed by atoms with Crippen LogP contribution in [-0.2, 0) is 23.7 Å². The van der Waals surface area contributed by atoms with E-state index in [0.717, 1.165) is 30.8 Å². The number of carboxylic acid groups (broad SMARTS) is 2. The van der Waals surface area contributed by atoms with Gasteiger partial charge in [0.1, 0.15) is 5.70 Å². The molecule has 8 atom stereocenters. The molecule has 4 heterocycles. The van der Waals surface area contributed by atoms with Crippen molar-refractivity contribution in [1.82, 2.24) is 15.5 Å². The average molecular weight is 556 g/mol. The van der Waals surface area contributed by atoms with Crippen LogP contribution in [0.15, 0.2) is 15.3 Å². The second-order valence-electron chi connectivity index (χ2n) is 9.39. The number of carbonyl (C=O) groups excluding carboxylic acids is 2. The molecule has 13 nitrogen and oxygen atoms in total. The Kier molecular flexibility index (Phi) is 10.1. The molecule has 0 aliphatic carbocycles. The van der Waals surface area contributed by atoms with Gasteiger partial charge in [0.15, 0.2) is 0 Å². The number of nitrogens with zero attached hydrogens (tertiary/aromatic N) is 2. The predicted molar refractivity (Wildman–Crippen MR) is 133 cm³/mol. The van der Waals surface area contributed by atoms with Crippen LogP contribution in [-0.4, -0.2) is 106 Å². The zero-order valence-electron chi connectivity index (χ0n) is 20.3. The summed E-state index contributed by atoms with van der Waals surface area (Å²) in [5.41, 5.74) is 0.240. The largest absolute Gasteiger partial charge is 0.473 e. The van der Waals surface area contributed by atoms with E-state index < -0.39 is 36.0 Å². The van der Waals surface area contributed by atoms with Gasteiger partial charge in [0.25, 0.3) is 7.98 Å². The highest BCUT2D eigenvalue weighted by Gasteiger charge is 2.60. The van der Waals surface area contributed by atoms with Crippen LogP contribution in [0.5, 0.6) is 0 Å². The summed E-state index contributed by atoms with van der Waals surface area (Å²) in [4.78, 5) is 45.9. The first-order chi connectivity index (χ1) is 17.5. The Morgan fingerprint density at radius 1 is 1.24 bits per heavy atom. The number of nitrogens with one attached hydrogen (secondary N) is 2. The number of fused-ring (bicyclic) bond motifs is 1. The fourth-order valence-electron chi connectivity index (χ4n) is 5.33. The number of aliphatic carboxylic acids is 2. The average Bonchev–Trinajstić information content (AvgIpc) is 3.58. The molecule has 4 aliphatic rings. The van der Waals surface area contributed by atoms with E-state index in [2.05, 4.69) is 15.3 Å². The number of rotatable bonds is 7. The normalized spacial score (nSPS) is 32.4. The van der Waals surface area contributed by atoms with Gasteiger partial charge in [-0.1, -0.05) is 6.92 Å². The second-order valence-corrected chi connectivity index (χ2v) is 11.3. The number of amides is 1. The highest BCUT2D eigenvalue weighted by Crippen LogP contribution is 2.52. The number of β-lactam (4-membered cyclic amide) rings is 1. The van der Waals surface area contributed by atoms with E-state index in [1.54, 1.807) is 18.7 Å². The van der Waals surface area contributed by atoms with Crippen molar-refractivity contribution < 1.29 is 44.1 Å². The van der Waals surface area contributed by atoms with Gasteiger partial charge in [-0.15, -0.1) is 11.8 Å². The molecule has 37 heavy (non-hydrogen) atoms. The molecule has 2 radical (unpaired) electrons. The lowest BCUT2D eigenvalue weighted by Crippen LogP contribution is -2.63. The molecule has 0 unspecified atom stereocenters. The number of hydrogen-bond acceptors (Lipinski definition) is 11. The quantitative estimate of drug-likeness (QED) is 0.100. The molecule has 4 rings (SSSR count). The van der Waals surface area contributed by atoms with Gasteiger partial charge in [0, 0.05) is 41.1 Å². The van der Waals surface area contributed by atoms with Crippen molar-refractivity contribution in [3.8, 4) is 0 Å². The first-order valence-electron chi connectivity index (χ1n) is 11.8. The molecule has 0 aromatic heterocycles. The van der Waals surface area contributed by atoms with Crippen molar-refractivity contribution in [2.75, 3.05) is 19.6 Å². The molecule has 0 aromatic rings. The second kappa shape index (κ2) is 12.7. The Bertz CT molecular complexity index is 966. The third kappa shape index (κ3) is 6.35. The number of aliphatic hydroxyl groups excluding tert-OH is 2. The van der Waals surface area contributed by atoms with Gasteiger partial charge in [-0.05, 0) is 26.3 Å². The number of carbonyl (C=O) groups is 4. The van der Waals surface area contributed by atoms with Crippen LogP contribution in [0.4, 0.5) is 0 Å². The van der Waals surface area contributed by atoms with E-state index in [4.69, 9.17) is 32.3 Å². The molecule has 3 saturated heterocycles. The van der Waals surface area contributed by atoms with Gasteiger partial charge in [-0.3, -0.25) is 4.79 Å². The molecule has 0 aromatic carbocycles. The van der Waals surface area contributed by atoms with E-state index in [-0.39, 0.29) is 49.4 Å². The molecule has 6 N–H and O–H groups in total. The lowest BCUT2D eigenvalue weighted by atomic mass is 9.79. The topological polar surface area (TPSA) is 198 Å². The smallest absolute Gasteiger partial charge is 0.414 e. The third-order valence-electron chi connectivity index (χ3n) is 7.07. The zero-order chi connectivity index (χ0) is 27.4. The van der Waals surface area contributed by atoms with E-state index in [1.807, 2.05) is 6.92 Å². The van der Waals surface area contributed by atoms with Crippen molar-refractivity contribution in [3.63, 3.8) is 0 Å². The third-order valence-corrected chi connectivity index (χ3v) is 8.92. The molecule has 4 aliphatic heterocycles. The first-order valence-corrected chi connectivity index (χ1v) is 13.5. The number of thioether (sulfide) groups is 1. The molecular formula is C21H30BN4O9PS. The van der Waals surface area contributed by atoms with Crippen LogP contribution >= 0.6 is 20.4 Å². The van der Waals surface area contributed by atoms with Crippen LogP contribution < -0.4 is 10.6 Å². The molecule has 0 bridgehead atoms. The number of carboxylic acids is 2. The minimum atomic E-state index is -1.82. The summed E-state index contributed by atoms with van der Waals surface area (Å²) in [6.45, 7) is 6.06. The van der Waals surface area contributed by atoms with E-state index in [9.17, 15) is 19.8 Å². The Morgan fingerprint density at radius 2 is 1.92 bits per heavy atom. The van der Waals surface area contributed by atoms with Crippen molar-refractivity contribution in [2.45, 2.75) is 56.2 Å². The number of aliphatic hydroxyl groups is 2. The zero-order valence-corrected chi connectivity index (χ0v) is 22.0. The molecule has 202 valence electrons. The van der Waals surface area contributed by atoms with Crippen LogP contribution in [0.2, 0.25) is 0 Å². The number of hydrogen-bond donors (Lipinski definition) is 6. The molecule has 1 amide bonds. The summed E-state index contributed by atoms with van der Waals surface area (Å²) in [6.07, 6.45) is 0.546. The SMILES string of the molecule is O=C(O)C(=O)O.[B]N=POC(=O)C1=C(S[C@@H]2CN[C@H]([C@H](O)[C@@H]3CCNC3)C2)[C@H](C)[C@@H]2[C@@H]([C@@H](C)O)C(=O)N12. The van der Waals surface area contributed by atoms with Gasteiger partial charge < -0.3 is 45.1 Å². The molecular weight excluding hydrogens is 526 g/mol. The van der Waals surface area contributed by atoms with Crippen LogP contribution in [0, 0.1) is 17.8 Å². The summed E-state index contributed by atoms with van der Waals surface area (Å²) in [6, 6.07) is -0.252. The molecule has 0 spiro atoms. The van der Waals surface area contributed by atoms with Crippen molar-refractivity contribution in [3.05, 3.63) is 10.6 Å². The van der Waals surface area contributed by atoms with Gasteiger partial charge >= 0.3 is 17.9 Å². The maximum atomic E-state index is 12.8. The lowest BCUT2D eigenvalue weighted by Gasteiger charge is -2.46. The maximum absolute atomic E-state index is 12.8.